The summed E-state index contributed by atoms with van der Waals surface area (Å²) in [6.07, 6.45) is 4.21. The highest BCUT2D eigenvalue weighted by Crippen LogP contribution is 2.22. The van der Waals surface area contributed by atoms with Crippen LogP contribution in [0.25, 0.3) is 0 Å². The van der Waals surface area contributed by atoms with Crippen LogP contribution >= 0.6 is 0 Å². The maximum atomic E-state index is 12.5. The Balaban J connectivity index is 2.12. The van der Waals surface area contributed by atoms with Crippen LogP contribution < -0.4 is 5.32 Å². The fraction of sp³-hybridized carbons (Fsp3) is 0.667. The predicted molar refractivity (Wildman–Crippen MR) is 85.2 cm³/mol. The van der Waals surface area contributed by atoms with Gasteiger partial charge in [0.05, 0.1) is 0 Å². The molecule has 0 bridgehead atoms. The Morgan fingerprint density at radius 2 is 1.95 bits per heavy atom. The second kappa shape index (κ2) is 6.83. The number of nitrogens with one attached hydrogen (secondary N) is 1. The third-order valence-electron chi connectivity index (χ3n) is 3.92. The van der Waals surface area contributed by atoms with E-state index in [-0.39, 0.29) is 10.8 Å². The highest BCUT2D eigenvalue weighted by molar-refractivity contribution is 7.89. The summed E-state index contributed by atoms with van der Waals surface area (Å²) < 4.78 is 28.1. The van der Waals surface area contributed by atoms with Crippen molar-refractivity contribution < 1.29 is 13.2 Å². The first-order chi connectivity index (χ1) is 10.3. The van der Waals surface area contributed by atoms with E-state index in [4.69, 9.17) is 0 Å². The minimum Gasteiger partial charge on any atom is -0.351 e. The van der Waals surface area contributed by atoms with Gasteiger partial charge in [0.25, 0.3) is 5.91 Å². The lowest BCUT2D eigenvalue weighted by atomic mass is 10.1. The van der Waals surface area contributed by atoms with Crippen molar-refractivity contribution in [1.29, 1.82) is 0 Å². The number of aryl methyl sites for hydroxylation is 1. The molecule has 6 nitrogen and oxygen atoms in total. The first-order valence-corrected chi connectivity index (χ1v) is 9.21. The van der Waals surface area contributed by atoms with Crippen LogP contribution in [0.2, 0.25) is 0 Å². The number of aromatic nitrogens is 1. The first kappa shape index (κ1) is 17.0. The Morgan fingerprint density at radius 1 is 1.32 bits per heavy atom. The van der Waals surface area contributed by atoms with E-state index < -0.39 is 10.0 Å². The molecule has 1 saturated heterocycles. The van der Waals surface area contributed by atoms with Crippen LogP contribution in [0.3, 0.4) is 0 Å². The largest absolute Gasteiger partial charge is 0.351 e. The fourth-order valence-electron chi connectivity index (χ4n) is 2.54. The molecule has 1 N–H and O–H groups in total. The summed E-state index contributed by atoms with van der Waals surface area (Å²) in [6, 6.07) is 1.47. The van der Waals surface area contributed by atoms with E-state index in [2.05, 4.69) is 19.2 Å². The van der Waals surface area contributed by atoms with Crippen molar-refractivity contribution in [3.63, 3.8) is 0 Å². The summed E-state index contributed by atoms with van der Waals surface area (Å²) >= 11 is 0. The van der Waals surface area contributed by atoms with Gasteiger partial charge >= 0.3 is 0 Å². The number of nitrogens with zero attached hydrogens (tertiary/aromatic N) is 2. The third-order valence-corrected chi connectivity index (χ3v) is 5.79. The van der Waals surface area contributed by atoms with Gasteiger partial charge < -0.3 is 9.88 Å². The normalized spacial score (nSPS) is 16.4. The van der Waals surface area contributed by atoms with E-state index in [9.17, 15) is 13.2 Å². The van der Waals surface area contributed by atoms with E-state index in [1.54, 1.807) is 11.6 Å². The van der Waals surface area contributed by atoms with Gasteiger partial charge in [-0.1, -0.05) is 13.8 Å². The average molecular weight is 327 g/mol. The standard InChI is InChI=1S/C15H25N3O3S/c1-12(2)6-7-16-15(19)14-10-13(11-17(14)3)22(20,21)18-8-4-5-9-18/h10-12H,4-9H2,1-3H3,(H,16,19). The number of carbonyl (C=O) groups is 1. The molecule has 124 valence electrons. The minimum absolute atomic E-state index is 0.200. The van der Waals surface area contributed by atoms with Gasteiger partial charge in [-0.15, -0.1) is 0 Å². The van der Waals surface area contributed by atoms with Gasteiger partial charge in [-0.2, -0.15) is 4.31 Å². The SMILES string of the molecule is CC(C)CCNC(=O)c1cc(S(=O)(=O)N2CCCC2)cn1C. The Morgan fingerprint density at radius 3 is 2.55 bits per heavy atom. The first-order valence-electron chi connectivity index (χ1n) is 7.77. The van der Waals surface area contributed by atoms with Crippen LogP contribution in [0.4, 0.5) is 0 Å². The topological polar surface area (TPSA) is 71.4 Å². The second-order valence-corrected chi connectivity index (χ2v) is 8.16. The molecular weight excluding hydrogens is 302 g/mol. The van der Waals surface area contributed by atoms with Crippen molar-refractivity contribution in [2.24, 2.45) is 13.0 Å². The van der Waals surface area contributed by atoms with Gasteiger partial charge in [0.2, 0.25) is 10.0 Å². The maximum absolute atomic E-state index is 12.5. The van der Waals surface area contributed by atoms with Crippen LogP contribution in [0.1, 0.15) is 43.6 Å². The predicted octanol–water partition coefficient (Wildman–Crippen LogP) is 1.59. The minimum atomic E-state index is -3.48. The molecule has 0 spiro atoms. The maximum Gasteiger partial charge on any atom is 0.267 e. The van der Waals surface area contributed by atoms with E-state index in [0.29, 0.717) is 31.2 Å². The number of hydrogen-bond donors (Lipinski definition) is 1. The van der Waals surface area contributed by atoms with Crippen LogP contribution in [0, 0.1) is 5.92 Å². The molecule has 1 aromatic rings. The molecule has 0 aromatic carbocycles. The Hall–Kier alpha value is -1.34. The summed E-state index contributed by atoms with van der Waals surface area (Å²) in [4.78, 5) is 12.4. The lowest BCUT2D eigenvalue weighted by Gasteiger charge is -2.13. The monoisotopic (exact) mass is 327 g/mol. The molecule has 1 amide bonds. The molecule has 0 unspecified atom stereocenters. The smallest absolute Gasteiger partial charge is 0.267 e. The van der Waals surface area contributed by atoms with Crippen LogP contribution in [-0.2, 0) is 17.1 Å². The van der Waals surface area contributed by atoms with E-state index in [1.807, 2.05) is 0 Å². The number of hydrogen-bond acceptors (Lipinski definition) is 3. The van der Waals surface area contributed by atoms with Crippen molar-refractivity contribution in [1.82, 2.24) is 14.2 Å². The zero-order valence-electron chi connectivity index (χ0n) is 13.5. The molecule has 1 aliphatic heterocycles. The average Bonchev–Trinajstić information content (AvgIpc) is 3.07. The lowest BCUT2D eigenvalue weighted by molar-refractivity contribution is 0.0944. The number of rotatable bonds is 6. The third kappa shape index (κ3) is 3.70. The van der Waals surface area contributed by atoms with Gasteiger partial charge in [0, 0.05) is 32.9 Å². The zero-order chi connectivity index (χ0) is 16.3. The van der Waals surface area contributed by atoms with Gasteiger partial charge in [0.15, 0.2) is 0 Å². The quantitative estimate of drug-likeness (QED) is 0.862. The van der Waals surface area contributed by atoms with E-state index in [0.717, 1.165) is 19.3 Å². The van der Waals surface area contributed by atoms with Crippen molar-refractivity contribution in [3.05, 3.63) is 18.0 Å². The molecule has 0 aliphatic carbocycles. The second-order valence-electron chi connectivity index (χ2n) is 6.22. The molecule has 2 heterocycles. The van der Waals surface area contributed by atoms with Gasteiger partial charge in [-0.25, -0.2) is 8.42 Å². The Bertz CT molecular complexity index is 628. The number of amides is 1. The Kier molecular flexibility index (Phi) is 5.28. The van der Waals surface area contributed by atoms with Crippen LogP contribution in [0.5, 0.6) is 0 Å². The van der Waals surface area contributed by atoms with Crippen LogP contribution in [0.15, 0.2) is 17.2 Å². The molecule has 22 heavy (non-hydrogen) atoms. The number of carbonyl (C=O) groups excluding carboxylic acids is 1. The van der Waals surface area contributed by atoms with Crippen molar-refractivity contribution in [2.75, 3.05) is 19.6 Å². The molecule has 1 fully saturated rings. The van der Waals surface area contributed by atoms with Gasteiger partial charge in [-0.05, 0) is 31.2 Å². The molecule has 0 radical (unpaired) electrons. The van der Waals surface area contributed by atoms with Crippen molar-refractivity contribution >= 4 is 15.9 Å². The lowest BCUT2D eigenvalue weighted by Crippen LogP contribution is -2.28. The van der Waals surface area contributed by atoms with Crippen LogP contribution in [-0.4, -0.2) is 42.8 Å². The molecule has 7 heteroatoms. The zero-order valence-corrected chi connectivity index (χ0v) is 14.3. The summed E-state index contributed by atoms with van der Waals surface area (Å²) in [5, 5.41) is 2.84. The van der Waals surface area contributed by atoms with Crippen molar-refractivity contribution in [3.8, 4) is 0 Å². The summed E-state index contributed by atoms with van der Waals surface area (Å²) in [6.45, 7) is 5.90. The molecule has 2 rings (SSSR count). The molecular formula is C15H25N3O3S. The van der Waals surface area contributed by atoms with E-state index >= 15 is 0 Å². The summed E-state index contributed by atoms with van der Waals surface area (Å²) in [5.74, 6) is 0.283. The summed E-state index contributed by atoms with van der Waals surface area (Å²) in [7, 11) is -1.78. The highest BCUT2D eigenvalue weighted by Gasteiger charge is 2.29. The molecule has 1 aliphatic rings. The Labute approximate surface area is 132 Å². The molecule has 1 aromatic heterocycles. The van der Waals surface area contributed by atoms with Gasteiger partial charge in [-0.3, -0.25) is 4.79 Å². The van der Waals surface area contributed by atoms with Gasteiger partial charge in [0.1, 0.15) is 10.6 Å². The fourth-order valence-corrected chi connectivity index (χ4v) is 4.13. The highest BCUT2D eigenvalue weighted by atomic mass is 32.2. The molecule has 0 atom stereocenters. The molecule has 0 saturated carbocycles. The van der Waals surface area contributed by atoms with Crippen molar-refractivity contribution in [2.45, 2.75) is 38.0 Å². The summed E-state index contributed by atoms with van der Waals surface area (Å²) in [5.41, 5.74) is 0.376. The van der Waals surface area contributed by atoms with E-state index in [1.165, 1.54) is 16.6 Å². The number of sulfonamides is 1.